The van der Waals surface area contributed by atoms with Crippen molar-refractivity contribution in [1.82, 2.24) is 4.90 Å². The van der Waals surface area contributed by atoms with E-state index >= 15 is 0 Å². The number of hydrogen-bond donors (Lipinski definition) is 1. The molecule has 1 heterocycles. The van der Waals surface area contributed by atoms with E-state index in [4.69, 9.17) is 10.5 Å². The van der Waals surface area contributed by atoms with Crippen LogP contribution < -0.4 is 10.5 Å². The topological polar surface area (TPSA) is 38.5 Å². The summed E-state index contributed by atoms with van der Waals surface area (Å²) in [5.41, 5.74) is 7.12. The van der Waals surface area contributed by atoms with Crippen LogP contribution in [0.1, 0.15) is 32.8 Å². The predicted molar refractivity (Wildman–Crippen MR) is 79.2 cm³/mol. The molecule has 1 saturated heterocycles. The molecule has 0 saturated carbocycles. The van der Waals surface area contributed by atoms with Crippen LogP contribution in [0.4, 0.5) is 0 Å². The zero-order chi connectivity index (χ0) is 13.8. The summed E-state index contributed by atoms with van der Waals surface area (Å²) in [5.74, 6) is 1.62. The smallest absolute Gasteiger partial charge is 0.119 e. The van der Waals surface area contributed by atoms with Crippen LogP contribution in [0.2, 0.25) is 0 Å². The van der Waals surface area contributed by atoms with Crippen molar-refractivity contribution in [3.8, 4) is 5.75 Å². The third-order valence-electron chi connectivity index (χ3n) is 3.80. The molecule has 2 N–H and O–H groups in total. The van der Waals surface area contributed by atoms with Gasteiger partial charge >= 0.3 is 0 Å². The van der Waals surface area contributed by atoms with Crippen LogP contribution in [0.5, 0.6) is 5.75 Å². The van der Waals surface area contributed by atoms with Crippen molar-refractivity contribution >= 4 is 0 Å². The molecule has 0 aliphatic carbocycles. The lowest BCUT2D eigenvalue weighted by atomic mass is 10.1. The fourth-order valence-electron chi connectivity index (χ4n) is 2.79. The number of hydrogen-bond acceptors (Lipinski definition) is 3. The molecular formula is C16H26N2O. The molecule has 19 heavy (non-hydrogen) atoms. The number of nitrogens with zero attached hydrogens (tertiary/aromatic N) is 1. The Hall–Kier alpha value is -1.06. The Labute approximate surface area is 116 Å². The summed E-state index contributed by atoms with van der Waals surface area (Å²) in [4.78, 5) is 2.52. The molecule has 3 nitrogen and oxygen atoms in total. The molecule has 106 valence electrons. The van der Waals surface area contributed by atoms with E-state index < -0.39 is 0 Å². The molecule has 1 aromatic rings. The largest absolute Gasteiger partial charge is 0.491 e. The van der Waals surface area contributed by atoms with E-state index in [0.717, 1.165) is 25.4 Å². The molecule has 0 bridgehead atoms. The first-order valence-electron chi connectivity index (χ1n) is 7.28. The maximum absolute atomic E-state index is 5.77. The molecule has 0 spiro atoms. The first kappa shape index (κ1) is 14.4. The van der Waals surface area contributed by atoms with E-state index in [1.54, 1.807) is 0 Å². The second-order valence-corrected chi connectivity index (χ2v) is 5.93. The zero-order valence-corrected chi connectivity index (χ0v) is 12.3. The van der Waals surface area contributed by atoms with Gasteiger partial charge in [-0.15, -0.1) is 0 Å². The van der Waals surface area contributed by atoms with E-state index in [0.29, 0.717) is 12.0 Å². The number of ether oxygens (including phenoxy) is 1. The number of likely N-dealkylation sites (tertiary alicyclic amines) is 1. The van der Waals surface area contributed by atoms with Gasteiger partial charge in [-0.05, 0) is 57.4 Å². The quantitative estimate of drug-likeness (QED) is 0.886. The predicted octanol–water partition coefficient (Wildman–Crippen LogP) is 2.64. The highest BCUT2D eigenvalue weighted by Gasteiger charge is 2.27. The molecule has 3 heteroatoms. The van der Waals surface area contributed by atoms with E-state index in [-0.39, 0.29) is 6.10 Å². The van der Waals surface area contributed by atoms with Gasteiger partial charge in [0.05, 0.1) is 6.10 Å². The van der Waals surface area contributed by atoms with Gasteiger partial charge in [0.2, 0.25) is 0 Å². The third-order valence-corrected chi connectivity index (χ3v) is 3.80. The van der Waals surface area contributed by atoms with Gasteiger partial charge < -0.3 is 10.5 Å². The molecule has 2 unspecified atom stereocenters. The minimum Gasteiger partial charge on any atom is -0.491 e. The molecule has 2 atom stereocenters. The van der Waals surface area contributed by atoms with Crippen LogP contribution in [-0.2, 0) is 6.54 Å². The molecule has 1 fully saturated rings. The summed E-state index contributed by atoms with van der Waals surface area (Å²) >= 11 is 0. The fourth-order valence-corrected chi connectivity index (χ4v) is 2.79. The van der Waals surface area contributed by atoms with Gasteiger partial charge in [-0.25, -0.2) is 0 Å². The molecule has 0 aromatic heterocycles. The lowest BCUT2D eigenvalue weighted by Crippen LogP contribution is -2.27. The first-order chi connectivity index (χ1) is 9.08. The summed E-state index contributed by atoms with van der Waals surface area (Å²) < 4.78 is 5.66. The Balaban J connectivity index is 1.92. The van der Waals surface area contributed by atoms with Crippen LogP contribution in [-0.4, -0.2) is 30.1 Å². The highest BCUT2D eigenvalue weighted by atomic mass is 16.5. The average Bonchev–Trinajstić information content (AvgIpc) is 2.72. The average molecular weight is 262 g/mol. The maximum Gasteiger partial charge on any atom is 0.119 e. The minimum atomic E-state index is 0.231. The number of benzene rings is 1. The second kappa shape index (κ2) is 6.40. The Kier molecular flexibility index (Phi) is 4.83. The lowest BCUT2D eigenvalue weighted by molar-refractivity contribution is 0.241. The Morgan fingerprint density at radius 1 is 1.32 bits per heavy atom. The van der Waals surface area contributed by atoms with Crippen LogP contribution in [0, 0.1) is 5.92 Å². The van der Waals surface area contributed by atoms with Crippen molar-refractivity contribution in [1.29, 1.82) is 0 Å². The summed E-state index contributed by atoms with van der Waals surface area (Å²) in [6.07, 6.45) is 1.46. The van der Waals surface area contributed by atoms with Crippen molar-refractivity contribution in [2.75, 3.05) is 13.1 Å². The third kappa shape index (κ3) is 3.95. The van der Waals surface area contributed by atoms with E-state index in [1.807, 2.05) is 13.8 Å². The standard InChI is InChI=1S/C16H26N2O/c1-12(2)19-16-6-4-14(5-7-16)10-18-11-15(9-17)8-13(18)3/h4-7,12-13,15H,8-11,17H2,1-3H3. The number of rotatable bonds is 5. The van der Waals surface area contributed by atoms with Crippen LogP contribution in [0.25, 0.3) is 0 Å². The summed E-state index contributed by atoms with van der Waals surface area (Å²) in [6, 6.07) is 9.10. The van der Waals surface area contributed by atoms with Crippen molar-refractivity contribution in [2.45, 2.75) is 45.9 Å². The zero-order valence-electron chi connectivity index (χ0n) is 12.3. The monoisotopic (exact) mass is 262 g/mol. The molecule has 0 amide bonds. The number of nitrogens with two attached hydrogens (primary N) is 1. The van der Waals surface area contributed by atoms with Gasteiger partial charge in [-0.1, -0.05) is 12.1 Å². The molecule has 2 rings (SSSR count). The molecular weight excluding hydrogens is 236 g/mol. The second-order valence-electron chi connectivity index (χ2n) is 5.93. The Bertz CT molecular complexity index is 388. The van der Waals surface area contributed by atoms with E-state index in [9.17, 15) is 0 Å². The summed E-state index contributed by atoms with van der Waals surface area (Å²) in [7, 11) is 0. The molecule has 1 aliphatic heterocycles. The van der Waals surface area contributed by atoms with Gasteiger partial charge in [-0.2, -0.15) is 0 Å². The van der Waals surface area contributed by atoms with Gasteiger partial charge in [-0.3, -0.25) is 4.90 Å². The van der Waals surface area contributed by atoms with E-state index in [1.165, 1.54) is 12.0 Å². The van der Waals surface area contributed by atoms with Crippen LogP contribution in [0.3, 0.4) is 0 Å². The van der Waals surface area contributed by atoms with Crippen molar-refractivity contribution in [3.05, 3.63) is 29.8 Å². The minimum absolute atomic E-state index is 0.231. The molecule has 0 radical (unpaired) electrons. The first-order valence-corrected chi connectivity index (χ1v) is 7.28. The normalized spacial score (nSPS) is 24.1. The van der Waals surface area contributed by atoms with Gasteiger partial charge in [0.1, 0.15) is 5.75 Å². The molecule has 1 aliphatic rings. The summed E-state index contributed by atoms with van der Waals surface area (Å²) in [6.45, 7) is 9.34. The molecule has 1 aromatic carbocycles. The highest BCUT2D eigenvalue weighted by molar-refractivity contribution is 5.27. The van der Waals surface area contributed by atoms with Crippen LogP contribution >= 0.6 is 0 Å². The van der Waals surface area contributed by atoms with Gasteiger partial charge in [0, 0.05) is 19.1 Å². The Morgan fingerprint density at radius 3 is 2.53 bits per heavy atom. The van der Waals surface area contributed by atoms with Crippen molar-refractivity contribution in [2.24, 2.45) is 11.7 Å². The van der Waals surface area contributed by atoms with Gasteiger partial charge in [0.25, 0.3) is 0 Å². The van der Waals surface area contributed by atoms with Crippen molar-refractivity contribution < 1.29 is 4.74 Å². The fraction of sp³-hybridized carbons (Fsp3) is 0.625. The SMILES string of the molecule is CC(C)Oc1ccc(CN2CC(CN)CC2C)cc1. The van der Waals surface area contributed by atoms with Crippen molar-refractivity contribution in [3.63, 3.8) is 0 Å². The highest BCUT2D eigenvalue weighted by Crippen LogP contribution is 2.24. The lowest BCUT2D eigenvalue weighted by Gasteiger charge is -2.21. The Morgan fingerprint density at radius 2 is 2.00 bits per heavy atom. The van der Waals surface area contributed by atoms with E-state index in [2.05, 4.69) is 36.1 Å². The summed E-state index contributed by atoms with van der Waals surface area (Å²) in [5, 5.41) is 0. The van der Waals surface area contributed by atoms with Crippen LogP contribution in [0.15, 0.2) is 24.3 Å². The van der Waals surface area contributed by atoms with Gasteiger partial charge in [0.15, 0.2) is 0 Å². The maximum atomic E-state index is 5.77.